The van der Waals surface area contributed by atoms with Gasteiger partial charge in [-0.05, 0) is 124 Å². The van der Waals surface area contributed by atoms with Crippen LogP contribution in [0.1, 0.15) is 116 Å². The lowest BCUT2D eigenvalue weighted by molar-refractivity contribution is -0.0623. The predicted molar refractivity (Wildman–Crippen MR) is 218 cm³/mol. The van der Waals surface area contributed by atoms with E-state index in [2.05, 4.69) is 159 Å². The van der Waals surface area contributed by atoms with Crippen LogP contribution in [-0.4, -0.2) is 12.8 Å². The molecule has 0 N–H and O–H groups in total. The molecular formula is C48H54BNO. The Hall–Kier alpha value is -3.98. The van der Waals surface area contributed by atoms with E-state index in [-0.39, 0.29) is 40.4 Å². The zero-order chi connectivity index (χ0) is 35.8. The second kappa shape index (κ2) is 10.8. The van der Waals surface area contributed by atoms with Crippen molar-refractivity contribution in [2.45, 2.75) is 112 Å². The van der Waals surface area contributed by atoms with Crippen LogP contribution in [0.3, 0.4) is 0 Å². The van der Waals surface area contributed by atoms with Crippen LogP contribution >= 0.6 is 0 Å². The zero-order valence-corrected chi connectivity index (χ0v) is 32.5. The van der Waals surface area contributed by atoms with Gasteiger partial charge < -0.3 is 9.64 Å². The molecule has 1 fully saturated rings. The average Bonchev–Trinajstić information content (AvgIpc) is 3.46. The molecule has 0 radical (unpaired) electrons. The normalized spacial score (nSPS) is 24.3. The average molecular weight is 672 g/mol. The fraction of sp³-hybridized carbons (Fsp3) is 0.417. The summed E-state index contributed by atoms with van der Waals surface area (Å²) in [5.74, 6) is 0.270. The Morgan fingerprint density at radius 3 is 2.14 bits per heavy atom. The van der Waals surface area contributed by atoms with Crippen LogP contribution in [0.5, 0.6) is 0 Å². The van der Waals surface area contributed by atoms with Gasteiger partial charge in [0.2, 0.25) is 0 Å². The third-order valence-electron chi connectivity index (χ3n) is 13.9. The molecule has 0 saturated heterocycles. The van der Waals surface area contributed by atoms with Crippen molar-refractivity contribution in [2.75, 3.05) is 4.90 Å². The SMILES string of the molecule is CC1=Cc2ccc(-c3ccccc3)cc2B2C3=C(C4C(O3)C(C)(C)CCC4(C)C)N(c3ccc4c(c3)C(C)(C)CCC4(C)C)c3cc(C)cc1c32. The number of aryl methyl sites for hydroxylation is 1. The quantitative estimate of drug-likeness (QED) is 0.197. The second-order valence-electron chi connectivity index (χ2n) is 19.3. The molecular weight excluding hydrogens is 617 g/mol. The maximum atomic E-state index is 7.65. The smallest absolute Gasteiger partial charge is 0.292 e. The van der Waals surface area contributed by atoms with E-state index in [1.165, 1.54) is 104 Å². The lowest BCUT2D eigenvalue weighted by Crippen LogP contribution is -2.53. The molecule has 2 aliphatic carbocycles. The molecule has 2 nitrogen and oxygen atoms in total. The van der Waals surface area contributed by atoms with Crippen LogP contribution in [-0.2, 0) is 15.6 Å². The minimum atomic E-state index is 0.0133. The van der Waals surface area contributed by atoms with Crippen molar-refractivity contribution < 1.29 is 4.74 Å². The number of allylic oxidation sites excluding steroid dienone is 1. The predicted octanol–water partition coefficient (Wildman–Crippen LogP) is 11.3. The molecule has 5 aliphatic rings. The molecule has 3 heteroatoms. The van der Waals surface area contributed by atoms with Gasteiger partial charge in [-0.15, -0.1) is 0 Å². The first-order chi connectivity index (χ1) is 24.1. The minimum absolute atomic E-state index is 0.0133. The summed E-state index contributed by atoms with van der Waals surface area (Å²) in [4.78, 5) is 2.70. The van der Waals surface area contributed by atoms with E-state index >= 15 is 0 Å². The van der Waals surface area contributed by atoms with Crippen LogP contribution in [0.15, 0.2) is 90.2 Å². The van der Waals surface area contributed by atoms with Gasteiger partial charge in [0.05, 0.1) is 11.4 Å². The Morgan fingerprint density at radius 1 is 0.686 bits per heavy atom. The lowest BCUT2D eigenvalue weighted by atomic mass is 9.36. The first kappa shape index (κ1) is 32.9. The number of ether oxygens (including phenoxy) is 1. The van der Waals surface area contributed by atoms with Gasteiger partial charge in [0, 0.05) is 22.7 Å². The van der Waals surface area contributed by atoms with Crippen LogP contribution in [0, 0.1) is 23.7 Å². The molecule has 0 aromatic heterocycles. The van der Waals surface area contributed by atoms with Gasteiger partial charge in [0.1, 0.15) is 6.10 Å². The molecule has 2 unspecified atom stereocenters. The Kier molecular flexibility index (Phi) is 6.96. The maximum absolute atomic E-state index is 7.65. The molecule has 0 bridgehead atoms. The van der Waals surface area contributed by atoms with Crippen molar-refractivity contribution >= 4 is 40.7 Å². The largest absolute Gasteiger partial charge is 0.501 e. The number of nitrogens with zero attached hydrogens (tertiary/aromatic N) is 1. The van der Waals surface area contributed by atoms with E-state index < -0.39 is 0 Å². The Morgan fingerprint density at radius 2 is 1.39 bits per heavy atom. The molecule has 2 atom stereocenters. The summed E-state index contributed by atoms with van der Waals surface area (Å²) < 4.78 is 7.65. The summed E-state index contributed by atoms with van der Waals surface area (Å²) in [6.45, 7) is 24.3. The third kappa shape index (κ3) is 4.82. The molecule has 0 amide bonds. The van der Waals surface area contributed by atoms with Gasteiger partial charge in [-0.2, -0.15) is 0 Å². The van der Waals surface area contributed by atoms with Crippen LogP contribution in [0.4, 0.5) is 11.4 Å². The van der Waals surface area contributed by atoms with Gasteiger partial charge in [-0.1, -0.05) is 128 Å². The van der Waals surface area contributed by atoms with Gasteiger partial charge in [-0.3, -0.25) is 0 Å². The van der Waals surface area contributed by atoms with Crippen LogP contribution in [0.25, 0.3) is 22.8 Å². The number of fused-ring (bicyclic) bond motifs is 6. The van der Waals surface area contributed by atoms with E-state index in [0.717, 1.165) is 0 Å². The van der Waals surface area contributed by atoms with Crippen molar-refractivity contribution in [2.24, 2.45) is 16.7 Å². The standard InChI is InChI=1S/C48H54BNO/c1-29-24-35-30(2)26-33-17-16-32(31-14-12-11-13-15-31)27-38(33)49-41(35)39(25-29)50(34-18-19-36-37(28-34)46(5,6)21-20-45(36,3)4)42-40-43(51-44(42)49)48(9,10)23-22-47(40,7)8/h11-19,24-28,40,43H,20-23H2,1-10H3. The van der Waals surface area contributed by atoms with E-state index in [4.69, 9.17) is 4.74 Å². The van der Waals surface area contributed by atoms with Gasteiger partial charge in [0.25, 0.3) is 6.71 Å². The summed E-state index contributed by atoms with van der Waals surface area (Å²) >= 11 is 0. The maximum Gasteiger partial charge on any atom is 0.292 e. The van der Waals surface area contributed by atoms with Crippen LogP contribution in [0.2, 0.25) is 0 Å². The van der Waals surface area contributed by atoms with Crippen molar-refractivity contribution in [1.29, 1.82) is 0 Å². The second-order valence-corrected chi connectivity index (χ2v) is 19.3. The minimum Gasteiger partial charge on any atom is -0.501 e. The van der Waals surface area contributed by atoms with Crippen molar-refractivity contribution in [3.05, 3.63) is 118 Å². The summed E-state index contributed by atoms with van der Waals surface area (Å²) in [5, 5.41) is 0. The number of anilines is 2. The van der Waals surface area contributed by atoms with E-state index in [1.807, 2.05) is 0 Å². The van der Waals surface area contributed by atoms with E-state index in [0.29, 0.717) is 0 Å². The van der Waals surface area contributed by atoms with E-state index in [9.17, 15) is 0 Å². The molecule has 4 aromatic carbocycles. The highest BCUT2D eigenvalue weighted by atomic mass is 16.5. The molecule has 9 rings (SSSR count). The molecule has 4 aromatic rings. The van der Waals surface area contributed by atoms with Crippen LogP contribution < -0.4 is 15.8 Å². The molecule has 51 heavy (non-hydrogen) atoms. The molecule has 3 heterocycles. The molecule has 260 valence electrons. The van der Waals surface area contributed by atoms with Crippen molar-refractivity contribution in [3.63, 3.8) is 0 Å². The highest BCUT2D eigenvalue weighted by Crippen LogP contribution is 2.60. The number of hydrogen-bond donors (Lipinski definition) is 0. The third-order valence-corrected chi connectivity index (χ3v) is 13.9. The molecule has 3 aliphatic heterocycles. The first-order valence-corrected chi connectivity index (χ1v) is 19.5. The molecule has 1 saturated carbocycles. The highest BCUT2D eigenvalue weighted by Gasteiger charge is 2.60. The highest BCUT2D eigenvalue weighted by molar-refractivity contribution is 6.93. The first-order valence-electron chi connectivity index (χ1n) is 19.5. The van der Waals surface area contributed by atoms with Crippen molar-refractivity contribution in [1.82, 2.24) is 0 Å². The summed E-state index contributed by atoms with van der Waals surface area (Å²) in [6, 6.07) is 30.4. The summed E-state index contributed by atoms with van der Waals surface area (Å²) in [7, 11) is 0. The number of benzene rings is 4. The topological polar surface area (TPSA) is 12.5 Å². The monoisotopic (exact) mass is 671 g/mol. The summed E-state index contributed by atoms with van der Waals surface area (Å²) in [6.07, 6.45) is 7.31. The van der Waals surface area contributed by atoms with Gasteiger partial charge in [-0.25, -0.2) is 0 Å². The van der Waals surface area contributed by atoms with Crippen molar-refractivity contribution in [3.8, 4) is 11.1 Å². The summed E-state index contributed by atoms with van der Waals surface area (Å²) in [5.41, 5.74) is 19.2. The number of hydrogen-bond acceptors (Lipinski definition) is 2. The Balaban J connectivity index is 1.37. The lowest BCUT2D eigenvalue weighted by Gasteiger charge is -2.50. The van der Waals surface area contributed by atoms with E-state index in [1.54, 1.807) is 0 Å². The molecule has 0 spiro atoms. The Labute approximate surface area is 307 Å². The zero-order valence-electron chi connectivity index (χ0n) is 32.5. The number of rotatable bonds is 2. The fourth-order valence-corrected chi connectivity index (χ4v) is 10.6. The van der Waals surface area contributed by atoms with Gasteiger partial charge >= 0.3 is 0 Å². The van der Waals surface area contributed by atoms with Gasteiger partial charge in [0.15, 0.2) is 0 Å². The fourth-order valence-electron chi connectivity index (χ4n) is 10.6. The Bertz CT molecular complexity index is 2180.